The average Bonchev–Trinajstić information content (AvgIpc) is 3.03. The SMILES string of the molecule is CCN(CC)C(=O)C(=O)Nc1c(Br)cc(F)c(C(=O)Nc2nnnn2C)c1C. The van der Waals surface area contributed by atoms with Crippen LogP contribution in [0.1, 0.15) is 29.8 Å². The molecule has 2 aromatic rings. The van der Waals surface area contributed by atoms with Gasteiger partial charge in [-0.05, 0) is 58.8 Å². The minimum absolute atomic E-state index is 0.0222. The van der Waals surface area contributed by atoms with Gasteiger partial charge in [-0.1, -0.05) is 5.10 Å². The van der Waals surface area contributed by atoms with Crippen molar-refractivity contribution in [3.63, 3.8) is 0 Å². The van der Waals surface area contributed by atoms with E-state index in [9.17, 15) is 18.8 Å². The maximum atomic E-state index is 14.5. The Morgan fingerprint density at radius 3 is 2.43 bits per heavy atom. The molecule has 0 spiro atoms. The van der Waals surface area contributed by atoms with E-state index in [1.807, 2.05) is 0 Å². The first kappa shape index (κ1) is 21.4. The van der Waals surface area contributed by atoms with Gasteiger partial charge in [0.1, 0.15) is 5.82 Å². The van der Waals surface area contributed by atoms with Crippen LogP contribution >= 0.6 is 15.9 Å². The molecule has 0 bridgehead atoms. The number of tetrazole rings is 1. The lowest BCUT2D eigenvalue weighted by Gasteiger charge is -2.19. The highest BCUT2D eigenvalue weighted by molar-refractivity contribution is 9.10. The van der Waals surface area contributed by atoms with Crippen molar-refractivity contribution in [3.8, 4) is 0 Å². The van der Waals surface area contributed by atoms with Gasteiger partial charge in [0.2, 0.25) is 5.95 Å². The first-order valence-electron chi connectivity index (χ1n) is 8.33. The van der Waals surface area contributed by atoms with E-state index in [-0.39, 0.29) is 27.2 Å². The number of carbonyl (C=O) groups excluding carboxylic acids is 3. The van der Waals surface area contributed by atoms with Crippen molar-refractivity contribution in [1.82, 2.24) is 25.1 Å². The highest BCUT2D eigenvalue weighted by Gasteiger charge is 2.25. The Morgan fingerprint density at radius 2 is 1.89 bits per heavy atom. The molecule has 0 saturated heterocycles. The molecule has 0 atom stereocenters. The quantitative estimate of drug-likeness (QED) is 0.658. The summed E-state index contributed by atoms with van der Waals surface area (Å²) in [6, 6.07) is 1.04. The Hall–Kier alpha value is -2.89. The summed E-state index contributed by atoms with van der Waals surface area (Å²) in [7, 11) is 1.50. The average molecular weight is 456 g/mol. The molecule has 0 aliphatic carbocycles. The summed E-state index contributed by atoms with van der Waals surface area (Å²) < 4.78 is 15.9. The van der Waals surface area contributed by atoms with Crippen LogP contribution in [0, 0.1) is 12.7 Å². The topological polar surface area (TPSA) is 122 Å². The molecule has 1 aromatic carbocycles. The van der Waals surface area contributed by atoms with Gasteiger partial charge >= 0.3 is 11.8 Å². The summed E-state index contributed by atoms with van der Waals surface area (Å²) in [5.41, 5.74) is -0.0508. The van der Waals surface area contributed by atoms with Crippen molar-refractivity contribution >= 4 is 45.3 Å². The van der Waals surface area contributed by atoms with Crippen LogP contribution in [0.3, 0.4) is 0 Å². The van der Waals surface area contributed by atoms with E-state index in [2.05, 4.69) is 42.1 Å². The molecule has 28 heavy (non-hydrogen) atoms. The Labute approximate surface area is 168 Å². The highest BCUT2D eigenvalue weighted by Crippen LogP contribution is 2.31. The Morgan fingerprint density at radius 1 is 1.25 bits per heavy atom. The van der Waals surface area contributed by atoms with Crippen molar-refractivity contribution in [2.75, 3.05) is 23.7 Å². The highest BCUT2D eigenvalue weighted by atomic mass is 79.9. The largest absolute Gasteiger partial charge is 0.335 e. The van der Waals surface area contributed by atoms with E-state index in [4.69, 9.17) is 0 Å². The van der Waals surface area contributed by atoms with Gasteiger partial charge in [-0.3, -0.25) is 19.7 Å². The molecule has 0 radical (unpaired) electrons. The Balaban J connectivity index is 2.35. The number of amides is 3. The molecule has 0 aliphatic rings. The lowest BCUT2D eigenvalue weighted by Crippen LogP contribution is -2.39. The zero-order valence-corrected chi connectivity index (χ0v) is 17.3. The van der Waals surface area contributed by atoms with Gasteiger partial charge in [0, 0.05) is 24.6 Å². The number of aromatic nitrogens is 4. The smallest absolute Gasteiger partial charge is 0.313 e. The molecule has 150 valence electrons. The molecule has 3 amide bonds. The predicted octanol–water partition coefficient (Wildman–Crippen LogP) is 1.48. The Kier molecular flexibility index (Phi) is 6.78. The van der Waals surface area contributed by atoms with E-state index < -0.39 is 23.5 Å². The van der Waals surface area contributed by atoms with E-state index in [1.54, 1.807) is 13.8 Å². The molecule has 1 heterocycles. The molecule has 1 aromatic heterocycles. The number of carbonyl (C=O) groups is 3. The van der Waals surface area contributed by atoms with E-state index >= 15 is 0 Å². The number of nitrogens with one attached hydrogen (secondary N) is 2. The monoisotopic (exact) mass is 455 g/mol. The zero-order chi connectivity index (χ0) is 21.0. The minimum atomic E-state index is -0.886. The van der Waals surface area contributed by atoms with Crippen molar-refractivity contribution < 1.29 is 18.8 Å². The molecule has 12 heteroatoms. The maximum Gasteiger partial charge on any atom is 0.313 e. The molecular weight excluding hydrogens is 437 g/mol. The molecule has 0 saturated carbocycles. The van der Waals surface area contributed by atoms with E-state index in [1.165, 1.54) is 23.6 Å². The van der Waals surface area contributed by atoms with Gasteiger partial charge in [0.25, 0.3) is 5.91 Å². The number of hydrogen-bond donors (Lipinski definition) is 2. The van der Waals surface area contributed by atoms with Gasteiger partial charge in [-0.2, -0.15) is 0 Å². The third-order valence-corrected chi connectivity index (χ3v) is 4.66. The zero-order valence-electron chi connectivity index (χ0n) is 15.7. The number of likely N-dealkylation sites (N-methyl/N-ethyl adjacent to an activating group) is 1. The maximum absolute atomic E-state index is 14.5. The minimum Gasteiger partial charge on any atom is -0.335 e. The molecule has 0 aliphatic heterocycles. The fraction of sp³-hybridized carbons (Fsp3) is 0.375. The van der Waals surface area contributed by atoms with Crippen LogP contribution in [0.5, 0.6) is 0 Å². The summed E-state index contributed by atoms with van der Waals surface area (Å²) in [5.74, 6) is -3.20. The van der Waals surface area contributed by atoms with Gasteiger partial charge in [-0.15, -0.1) is 0 Å². The standard InChI is InChI=1S/C16H19BrFN7O3/c1-5-25(6-2)15(28)14(27)19-12-8(3)11(10(18)7-9(12)17)13(26)20-16-21-22-23-24(16)4/h7H,5-6H2,1-4H3,(H,19,27)(H,20,21,23,26). The van der Waals surface area contributed by atoms with Gasteiger partial charge in [-0.25, -0.2) is 9.07 Å². The van der Waals surface area contributed by atoms with Crippen LogP contribution in [-0.4, -0.2) is 55.9 Å². The van der Waals surface area contributed by atoms with Gasteiger partial charge in [0.15, 0.2) is 0 Å². The first-order valence-corrected chi connectivity index (χ1v) is 9.13. The number of nitrogens with zero attached hydrogens (tertiary/aromatic N) is 5. The summed E-state index contributed by atoms with van der Waals surface area (Å²) in [4.78, 5) is 38.4. The van der Waals surface area contributed by atoms with Crippen LogP contribution in [0.25, 0.3) is 0 Å². The number of benzene rings is 1. The summed E-state index contributed by atoms with van der Waals surface area (Å²) in [6.07, 6.45) is 0. The first-order chi connectivity index (χ1) is 13.2. The third kappa shape index (κ3) is 4.32. The summed E-state index contributed by atoms with van der Waals surface area (Å²) in [5, 5.41) is 15.4. The second-order valence-corrected chi connectivity index (χ2v) is 6.58. The molecule has 10 nitrogen and oxygen atoms in total. The number of halogens is 2. The van der Waals surface area contributed by atoms with Gasteiger partial charge < -0.3 is 10.2 Å². The number of rotatable bonds is 5. The number of hydrogen-bond acceptors (Lipinski definition) is 6. The predicted molar refractivity (Wildman–Crippen MR) is 102 cm³/mol. The van der Waals surface area contributed by atoms with Crippen LogP contribution in [0.2, 0.25) is 0 Å². The normalized spacial score (nSPS) is 10.5. The molecule has 2 rings (SSSR count). The van der Waals surface area contributed by atoms with Crippen molar-refractivity contribution in [2.24, 2.45) is 7.05 Å². The summed E-state index contributed by atoms with van der Waals surface area (Å²) in [6.45, 7) is 5.68. The summed E-state index contributed by atoms with van der Waals surface area (Å²) >= 11 is 3.15. The fourth-order valence-corrected chi connectivity index (χ4v) is 3.09. The van der Waals surface area contributed by atoms with Crippen LogP contribution < -0.4 is 10.6 Å². The number of anilines is 2. The Bertz CT molecular complexity index is 927. The van der Waals surface area contributed by atoms with Crippen LogP contribution in [-0.2, 0) is 16.6 Å². The van der Waals surface area contributed by atoms with Crippen LogP contribution in [0.15, 0.2) is 10.5 Å². The van der Waals surface area contributed by atoms with Crippen molar-refractivity contribution in [2.45, 2.75) is 20.8 Å². The number of aryl methyl sites for hydroxylation is 1. The van der Waals surface area contributed by atoms with Crippen molar-refractivity contribution in [3.05, 3.63) is 27.5 Å². The van der Waals surface area contributed by atoms with Crippen LogP contribution in [0.4, 0.5) is 16.0 Å². The van der Waals surface area contributed by atoms with E-state index in [0.717, 1.165) is 6.07 Å². The molecule has 0 fully saturated rings. The lowest BCUT2D eigenvalue weighted by atomic mass is 10.0. The molecule has 2 N–H and O–H groups in total. The molecule has 0 unspecified atom stereocenters. The van der Waals surface area contributed by atoms with Crippen molar-refractivity contribution in [1.29, 1.82) is 0 Å². The lowest BCUT2D eigenvalue weighted by molar-refractivity contribution is -0.142. The second kappa shape index (κ2) is 8.87. The fourth-order valence-electron chi connectivity index (χ4n) is 2.49. The molecular formula is C16H19BrFN7O3. The third-order valence-electron chi connectivity index (χ3n) is 4.04. The second-order valence-electron chi connectivity index (χ2n) is 5.73. The van der Waals surface area contributed by atoms with E-state index in [0.29, 0.717) is 13.1 Å². The van der Waals surface area contributed by atoms with Gasteiger partial charge in [0.05, 0.1) is 11.3 Å².